The Labute approximate surface area is 121 Å². The molecule has 2 nitrogen and oxygen atoms in total. The number of furan rings is 1. The summed E-state index contributed by atoms with van der Waals surface area (Å²) in [5.41, 5.74) is 1.22. The molecular weight excluding hydrogens is 310 g/mol. The Balaban J connectivity index is 2.12. The van der Waals surface area contributed by atoms with E-state index in [1.165, 1.54) is 10.4 Å². The lowest BCUT2D eigenvalue weighted by atomic mass is 10.1. The fourth-order valence-electron chi connectivity index (χ4n) is 1.98. The molecule has 18 heavy (non-hydrogen) atoms. The lowest BCUT2D eigenvalue weighted by Crippen LogP contribution is -2.24. The molecule has 0 radical (unpaired) electrons. The van der Waals surface area contributed by atoms with Gasteiger partial charge in [0.25, 0.3) is 0 Å². The van der Waals surface area contributed by atoms with Crippen molar-refractivity contribution in [3.8, 4) is 0 Å². The number of thiophene rings is 1. The van der Waals surface area contributed by atoms with Crippen LogP contribution < -0.4 is 5.32 Å². The smallest absolute Gasteiger partial charge is 0.123 e. The standard InChI is InChI=1S/C14H18BrNOS/c1-3-5-16-13(14-10(2)4-6-17-14)8-12-7-11(15)9-18-12/h4,6-7,9,13,16H,3,5,8H2,1-2H3. The molecule has 1 atom stereocenters. The molecule has 0 saturated heterocycles. The molecule has 98 valence electrons. The van der Waals surface area contributed by atoms with E-state index in [-0.39, 0.29) is 6.04 Å². The highest BCUT2D eigenvalue weighted by Gasteiger charge is 2.17. The first kappa shape index (κ1) is 13.8. The van der Waals surface area contributed by atoms with Crippen molar-refractivity contribution in [2.24, 2.45) is 0 Å². The van der Waals surface area contributed by atoms with Gasteiger partial charge in [0.2, 0.25) is 0 Å². The molecule has 2 heterocycles. The number of nitrogens with one attached hydrogen (secondary N) is 1. The molecule has 0 amide bonds. The monoisotopic (exact) mass is 327 g/mol. The van der Waals surface area contributed by atoms with Gasteiger partial charge in [0.1, 0.15) is 5.76 Å². The average molecular weight is 328 g/mol. The molecule has 0 saturated carbocycles. The van der Waals surface area contributed by atoms with Crippen molar-refractivity contribution in [3.05, 3.63) is 44.4 Å². The van der Waals surface area contributed by atoms with E-state index in [2.05, 4.69) is 46.5 Å². The minimum Gasteiger partial charge on any atom is -0.467 e. The van der Waals surface area contributed by atoms with E-state index in [4.69, 9.17) is 4.42 Å². The van der Waals surface area contributed by atoms with Gasteiger partial charge < -0.3 is 9.73 Å². The van der Waals surface area contributed by atoms with Crippen molar-refractivity contribution in [2.45, 2.75) is 32.7 Å². The summed E-state index contributed by atoms with van der Waals surface area (Å²) in [7, 11) is 0. The predicted octanol–water partition coefficient (Wildman–Crippen LogP) is 4.70. The topological polar surface area (TPSA) is 25.2 Å². The van der Waals surface area contributed by atoms with Gasteiger partial charge in [-0.25, -0.2) is 0 Å². The van der Waals surface area contributed by atoms with Crippen LogP contribution in [0.1, 0.15) is 35.6 Å². The fourth-order valence-corrected chi connectivity index (χ4v) is 3.48. The minimum atomic E-state index is 0.269. The predicted molar refractivity (Wildman–Crippen MR) is 80.2 cm³/mol. The van der Waals surface area contributed by atoms with Crippen molar-refractivity contribution in [1.29, 1.82) is 0 Å². The van der Waals surface area contributed by atoms with Crippen LogP contribution in [0, 0.1) is 6.92 Å². The second-order valence-corrected chi connectivity index (χ2v) is 6.32. The summed E-state index contributed by atoms with van der Waals surface area (Å²) in [6.07, 6.45) is 3.88. The van der Waals surface area contributed by atoms with Gasteiger partial charge in [0.15, 0.2) is 0 Å². The van der Waals surface area contributed by atoms with E-state index in [0.29, 0.717) is 0 Å². The van der Waals surface area contributed by atoms with Gasteiger partial charge in [-0.05, 0) is 53.5 Å². The van der Waals surface area contributed by atoms with Gasteiger partial charge in [0, 0.05) is 21.2 Å². The van der Waals surface area contributed by atoms with E-state index in [1.54, 1.807) is 17.6 Å². The lowest BCUT2D eigenvalue weighted by Gasteiger charge is -2.16. The lowest BCUT2D eigenvalue weighted by molar-refractivity contribution is 0.409. The molecule has 4 heteroatoms. The second kappa shape index (κ2) is 6.55. The van der Waals surface area contributed by atoms with E-state index >= 15 is 0 Å². The highest BCUT2D eigenvalue weighted by Crippen LogP contribution is 2.27. The largest absolute Gasteiger partial charge is 0.467 e. The highest BCUT2D eigenvalue weighted by molar-refractivity contribution is 9.10. The quantitative estimate of drug-likeness (QED) is 0.832. The molecule has 0 spiro atoms. The Kier molecular flexibility index (Phi) is 5.03. The van der Waals surface area contributed by atoms with Crippen molar-refractivity contribution in [3.63, 3.8) is 0 Å². The maximum absolute atomic E-state index is 5.63. The molecule has 0 fully saturated rings. The number of aryl methyl sites for hydroxylation is 1. The summed E-state index contributed by atoms with van der Waals surface area (Å²) >= 11 is 5.29. The van der Waals surface area contributed by atoms with Crippen LogP contribution in [0.5, 0.6) is 0 Å². The van der Waals surface area contributed by atoms with Crippen LogP contribution in [-0.4, -0.2) is 6.54 Å². The average Bonchev–Trinajstić information content (AvgIpc) is 2.93. The van der Waals surface area contributed by atoms with Gasteiger partial charge in [-0.2, -0.15) is 0 Å². The molecule has 1 N–H and O–H groups in total. The Morgan fingerprint density at radius 3 is 2.89 bits per heavy atom. The summed E-state index contributed by atoms with van der Waals surface area (Å²) < 4.78 is 6.79. The molecule has 0 bridgehead atoms. The van der Waals surface area contributed by atoms with Crippen LogP contribution in [0.2, 0.25) is 0 Å². The number of halogens is 1. The molecule has 0 aliphatic carbocycles. The minimum absolute atomic E-state index is 0.269. The van der Waals surface area contributed by atoms with Crippen molar-refractivity contribution in [1.82, 2.24) is 5.32 Å². The van der Waals surface area contributed by atoms with Crippen molar-refractivity contribution >= 4 is 27.3 Å². The Hall–Kier alpha value is -0.580. The van der Waals surface area contributed by atoms with Gasteiger partial charge >= 0.3 is 0 Å². The molecule has 1 unspecified atom stereocenters. The summed E-state index contributed by atoms with van der Waals surface area (Å²) in [5.74, 6) is 1.06. The first-order chi connectivity index (χ1) is 8.70. The van der Waals surface area contributed by atoms with Crippen molar-refractivity contribution in [2.75, 3.05) is 6.54 Å². The molecule has 2 aromatic heterocycles. The zero-order valence-corrected chi connectivity index (χ0v) is 13.1. The molecule has 0 aliphatic rings. The maximum atomic E-state index is 5.63. The summed E-state index contributed by atoms with van der Waals surface area (Å²) in [6, 6.07) is 4.48. The van der Waals surface area contributed by atoms with E-state index in [0.717, 1.165) is 29.6 Å². The van der Waals surface area contributed by atoms with Crippen LogP contribution >= 0.6 is 27.3 Å². The van der Waals surface area contributed by atoms with E-state index in [1.807, 2.05) is 6.07 Å². The Bertz CT molecular complexity index is 491. The van der Waals surface area contributed by atoms with Crippen LogP contribution in [0.15, 0.2) is 32.7 Å². The number of hydrogen-bond acceptors (Lipinski definition) is 3. The normalized spacial score (nSPS) is 12.8. The van der Waals surface area contributed by atoms with Gasteiger partial charge in [-0.15, -0.1) is 11.3 Å². The fraction of sp³-hybridized carbons (Fsp3) is 0.429. The first-order valence-corrected chi connectivity index (χ1v) is 7.88. The van der Waals surface area contributed by atoms with E-state index in [9.17, 15) is 0 Å². The Morgan fingerprint density at radius 2 is 2.33 bits per heavy atom. The highest BCUT2D eigenvalue weighted by atomic mass is 79.9. The summed E-state index contributed by atoms with van der Waals surface area (Å²) in [6.45, 7) is 5.29. The van der Waals surface area contributed by atoms with Gasteiger partial charge in [-0.1, -0.05) is 6.92 Å². The molecule has 2 rings (SSSR count). The van der Waals surface area contributed by atoms with E-state index < -0.39 is 0 Å². The summed E-state index contributed by atoms with van der Waals surface area (Å²) in [4.78, 5) is 1.37. The van der Waals surface area contributed by atoms with Gasteiger partial charge in [-0.3, -0.25) is 0 Å². The SMILES string of the molecule is CCCNC(Cc1cc(Br)cs1)c1occc1C. The van der Waals surface area contributed by atoms with Crippen LogP contribution in [-0.2, 0) is 6.42 Å². The number of rotatable bonds is 6. The van der Waals surface area contributed by atoms with Crippen molar-refractivity contribution < 1.29 is 4.42 Å². The molecular formula is C14H18BrNOS. The van der Waals surface area contributed by atoms with Crippen LogP contribution in [0.4, 0.5) is 0 Å². The maximum Gasteiger partial charge on any atom is 0.123 e. The molecule has 0 aliphatic heterocycles. The summed E-state index contributed by atoms with van der Waals surface area (Å²) in [5, 5.41) is 5.69. The third-order valence-electron chi connectivity index (χ3n) is 2.89. The van der Waals surface area contributed by atoms with Gasteiger partial charge in [0.05, 0.1) is 12.3 Å². The Morgan fingerprint density at radius 1 is 1.50 bits per heavy atom. The first-order valence-electron chi connectivity index (χ1n) is 6.21. The molecule has 2 aromatic rings. The molecule has 0 aromatic carbocycles. The van der Waals surface area contributed by atoms with Crippen LogP contribution in [0.3, 0.4) is 0 Å². The zero-order chi connectivity index (χ0) is 13.0. The van der Waals surface area contributed by atoms with Crippen LogP contribution in [0.25, 0.3) is 0 Å². The zero-order valence-electron chi connectivity index (χ0n) is 10.7. The third kappa shape index (κ3) is 3.46. The number of hydrogen-bond donors (Lipinski definition) is 1. The second-order valence-electron chi connectivity index (χ2n) is 4.41. The third-order valence-corrected chi connectivity index (χ3v) is 4.61.